The first kappa shape index (κ1) is 15.3. The monoisotopic (exact) mass is 306 g/mol. The maximum atomic E-state index is 11.3. The second-order valence-electron chi connectivity index (χ2n) is 5.45. The maximum Gasteiger partial charge on any atom is 0.303 e. The van der Waals surface area contributed by atoms with Crippen molar-refractivity contribution >= 4 is 17.1 Å². The largest absolute Gasteiger partial charge is 0.454 e. The number of ether oxygens (including phenoxy) is 1. The Morgan fingerprint density at radius 2 is 1.30 bits per heavy atom. The van der Waals surface area contributed by atoms with Gasteiger partial charge in [-0.1, -0.05) is 60.7 Å². The molecule has 0 fully saturated rings. The van der Waals surface area contributed by atoms with Gasteiger partial charge in [0, 0.05) is 6.92 Å². The average Bonchev–Trinajstić information content (AvgIpc) is 2.57. The third kappa shape index (κ3) is 3.41. The van der Waals surface area contributed by atoms with E-state index in [-0.39, 0.29) is 5.97 Å². The van der Waals surface area contributed by atoms with Crippen molar-refractivity contribution in [3.05, 3.63) is 83.9 Å². The Kier molecular flexibility index (Phi) is 4.40. The Bertz CT molecular complexity index is 687. The van der Waals surface area contributed by atoms with Crippen LogP contribution < -0.4 is 0 Å². The van der Waals surface area contributed by atoms with Crippen LogP contribution in [0.2, 0.25) is 0 Å². The summed E-state index contributed by atoms with van der Waals surface area (Å²) in [6.07, 6.45) is 2.36. The molecule has 3 rings (SSSR count). The number of aliphatic hydroxyl groups is 1. The van der Waals surface area contributed by atoms with E-state index in [1.165, 1.54) is 6.92 Å². The van der Waals surface area contributed by atoms with Gasteiger partial charge in [-0.2, -0.15) is 0 Å². The first-order chi connectivity index (χ1) is 11.1. The first-order valence-corrected chi connectivity index (χ1v) is 7.54. The van der Waals surface area contributed by atoms with E-state index < -0.39 is 12.2 Å². The molecule has 0 amide bonds. The lowest BCUT2D eigenvalue weighted by Gasteiger charge is -2.26. The first-order valence-electron chi connectivity index (χ1n) is 7.54. The van der Waals surface area contributed by atoms with Crippen molar-refractivity contribution in [2.24, 2.45) is 0 Å². The van der Waals surface area contributed by atoms with E-state index in [1.54, 1.807) is 12.2 Å². The molecule has 1 N–H and O–H groups in total. The average molecular weight is 306 g/mol. The molecule has 0 spiro atoms. The van der Waals surface area contributed by atoms with E-state index in [4.69, 9.17) is 4.74 Å². The minimum absolute atomic E-state index is 0.348. The number of carbonyl (C=O) groups is 1. The fraction of sp³-hybridized carbons (Fsp3) is 0.150. The van der Waals surface area contributed by atoms with Crippen molar-refractivity contribution in [2.45, 2.75) is 19.1 Å². The molecule has 2 aromatic rings. The molecular weight excluding hydrogens is 288 g/mol. The summed E-state index contributed by atoms with van der Waals surface area (Å²) < 4.78 is 5.34. The van der Waals surface area contributed by atoms with Crippen molar-refractivity contribution in [3.8, 4) is 0 Å². The van der Waals surface area contributed by atoms with E-state index in [9.17, 15) is 9.90 Å². The number of esters is 1. The van der Waals surface area contributed by atoms with Gasteiger partial charge < -0.3 is 9.84 Å². The van der Waals surface area contributed by atoms with Gasteiger partial charge in [-0.25, -0.2) is 0 Å². The molecule has 0 saturated heterocycles. The zero-order valence-electron chi connectivity index (χ0n) is 12.8. The van der Waals surface area contributed by atoms with Crippen LogP contribution in [0.1, 0.15) is 18.1 Å². The SMILES string of the molecule is CC(=O)OC1C=C(c2ccccc2)C(O)C(c2ccccc2)=C1. The molecule has 23 heavy (non-hydrogen) atoms. The molecule has 1 aliphatic carbocycles. The predicted molar refractivity (Wildman–Crippen MR) is 90.4 cm³/mol. The van der Waals surface area contributed by atoms with Gasteiger partial charge in [0.05, 0.1) is 0 Å². The third-order valence-corrected chi connectivity index (χ3v) is 3.79. The van der Waals surface area contributed by atoms with Crippen LogP contribution in [0.4, 0.5) is 0 Å². The van der Waals surface area contributed by atoms with E-state index in [0.717, 1.165) is 22.3 Å². The molecule has 0 saturated carbocycles. The fourth-order valence-electron chi connectivity index (χ4n) is 2.78. The van der Waals surface area contributed by atoms with E-state index >= 15 is 0 Å². The number of rotatable bonds is 3. The summed E-state index contributed by atoms with van der Waals surface area (Å²) in [6.45, 7) is 1.39. The molecule has 0 aliphatic heterocycles. The molecule has 3 heteroatoms. The van der Waals surface area contributed by atoms with Crippen LogP contribution in [-0.4, -0.2) is 23.3 Å². The number of benzene rings is 2. The summed E-state index contributed by atoms with van der Waals surface area (Å²) in [5.41, 5.74) is 3.33. The zero-order chi connectivity index (χ0) is 16.2. The van der Waals surface area contributed by atoms with Crippen LogP contribution in [0.15, 0.2) is 72.8 Å². The van der Waals surface area contributed by atoms with Crippen LogP contribution >= 0.6 is 0 Å². The number of aliphatic hydroxyl groups excluding tert-OH is 1. The van der Waals surface area contributed by atoms with Crippen molar-refractivity contribution in [1.29, 1.82) is 0 Å². The smallest absolute Gasteiger partial charge is 0.303 e. The van der Waals surface area contributed by atoms with Gasteiger partial charge in [-0.05, 0) is 34.4 Å². The Morgan fingerprint density at radius 3 is 1.70 bits per heavy atom. The normalized spacial score (nSPS) is 20.4. The van der Waals surface area contributed by atoms with E-state index in [0.29, 0.717) is 0 Å². The summed E-state index contributed by atoms with van der Waals surface area (Å²) >= 11 is 0. The summed E-state index contributed by atoms with van der Waals surface area (Å²) in [4.78, 5) is 11.3. The zero-order valence-corrected chi connectivity index (χ0v) is 12.8. The predicted octanol–water partition coefficient (Wildman–Crippen LogP) is 3.46. The second-order valence-corrected chi connectivity index (χ2v) is 5.45. The van der Waals surface area contributed by atoms with E-state index in [1.807, 2.05) is 60.7 Å². The van der Waals surface area contributed by atoms with Gasteiger partial charge in [0.25, 0.3) is 0 Å². The van der Waals surface area contributed by atoms with E-state index in [2.05, 4.69) is 0 Å². The molecule has 1 aliphatic rings. The minimum atomic E-state index is -0.758. The highest BCUT2D eigenvalue weighted by atomic mass is 16.5. The van der Waals surface area contributed by atoms with Gasteiger partial charge in [-0.15, -0.1) is 0 Å². The fourth-order valence-corrected chi connectivity index (χ4v) is 2.78. The Hall–Kier alpha value is -2.65. The van der Waals surface area contributed by atoms with Crippen molar-refractivity contribution < 1.29 is 14.6 Å². The second kappa shape index (κ2) is 6.63. The molecule has 0 atom stereocenters. The highest BCUT2D eigenvalue weighted by Crippen LogP contribution is 2.34. The molecule has 0 heterocycles. The van der Waals surface area contributed by atoms with Crippen molar-refractivity contribution in [2.75, 3.05) is 0 Å². The molecule has 116 valence electrons. The highest BCUT2D eigenvalue weighted by Gasteiger charge is 2.26. The maximum absolute atomic E-state index is 11.3. The van der Waals surface area contributed by atoms with Crippen molar-refractivity contribution in [1.82, 2.24) is 0 Å². The number of hydrogen-bond donors (Lipinski definition) is 1. The molecule has 0 bridgehead atoms. The topological polar surface area (TPSA) is 46.5 Å². The highest BCUT2D eigenvalue weighted by molar-refractivity contribution is 5.88. The quantitative estimate of drug-likeness (QED) is 0.883. The number of hydrogen-bond acceptors (Lipinski definition) is 3. The summed E-state index contributed by atoms with van der Waals surface area (Å²) in [5.74, 6) is -0.348. The summed E-state index contributed by atoms with van der Waals surface area (Å²) in [6, 6.07) is 19.3. The molecular formula is C20H18O3. The summed E-state index contributed by atoms with van der Waals surface area (Å²) in [5, 5.41) is 10.8. The van der Waals surface area contributed by atoms with Crippen LogP contribution in [0.5, 0.6) is 0 Å². The lowest BCUT2D eigenvalue weighted by Crippen LogP contribution is -2.23. The van der Waals surface area contributed by atoms with Crippen LogP contribution in [0.3, 0.4) is 0 Å². The van der Waals surface area contributed by atoms with Crippen LogP contribution in [0, 0.1) is 0 Å². The van der Waals surface area contributed by atoms with Gasteiger partial charge in [0.15, 0.2) is 0 Å². The van der Waals surface area contributed by atoms with Crippen LogP contribution in [0.25, 0.3) is 11.1 Å². The Morgan fingerprint density at radius 1 is 0.870 bits per heavy atom. The Balaban J connectivity index is 2.03. The third-order valence-electron chi connectivity index (χ3n) is 3.79. The van der Waals surface area contributed by atoms with Crippen LogP contribution in [-0.2, 0) is 9.53 Å². The molecule has 0 aromatic heterocycles. The molecule has 0 radical (unpaired) electrons. The van der Waals surface area contributed by atoms with Crippen molar-refractivity contribution in [3.63, 3.8) is 0 Å². The van der Waals surface area contributed by atoms with Gasteiger partial charge in [-0.3, -0.25) is 4.79 Å². The van der Waals surface area contributed by atoms with Gasteiger partial charge in [0.1, 0.15) is 12.2 Å². The molecule has 3 nitrogen and oxygen atoms in total. The van der Waals surface area contributed by atoms with Gasteiger partial charge >= 0.3 is 5.97 Å². The lowest BCUT2D eigenvalue weighted by molar-refractivity contribution is -0.142. The standard InChI is InChI=1S/C20H18O3/c1-14(21)23-17-12-18(15-8-4-2-5-9-15)20(22)19(13-17)16-10-6-3-7-11-16/h2-13,17,20,22H,1H3. The lowest BCUT2D eigenvalue weighted by atomic mass is 9.85. The molecule has 2 aromatic carbocycles. The minimum Gasteiger partial charge on any atom is -0.454 e. The number of carbonyl (C=O) groups excluding carboxylic acids is 1. The van der Waals surface area contributed by atoms with Gasteiger partial charge in [0.2, 0.25) is 0 Å². The molecule has 0 unspecified atom stereocenters. The Labute approximate surface area is 135 Å². The summed E-state index contributed by atoms with van der Waals surface area (Å²) in [7, 11) is 0.